The fourth-order valence-electron chi connectivity index (χ4n) is 3.24. The van der Waals surface area contributed by atoms with Gasteiger partial charge in [0.1, 0.15) is 0 Å². The number of ketones is 1. The van der Waals surface area contributed by atoms with E-state index in [4.69, 9.17) is 0 Å². The van der Waals surface area contributed by atoms with E-state index in [-0.39, 0.29) is 23.3 Å². The molecule has 0 unspecified atom stereocenters. The summed E-state index contributed by atoms with van der Waals surface area (Å²) >= 11 is 0. The van der Waals surface area contributed by atoms with Crippen LogP contribution < -0.4 is 5.56 Å². The molecule has 5 heteroatoms. The minimum absolute atomic E-state index is 0.194. The van der Waals surface area contributed by atoms with Crippen LogP contribution in [0.1, 0.15) is 22.5 Å². The second-order valence-electron chi connectivity index (χ2n) is 6.24. The Balaban J connectivity index is 1.83. The molecule has 0 amide bonds. The van der Waals surface area contributed by atoms with E-state index in [1.807, 2.05) is 54.6 Å². The molecule has 0 aliphatic rings. The number of hydrogen-bond donors (Lipinski definition) is 1. The van der Waals surface area contributed by atoms with Crippen LogP contribution in [-0.2, 0) is 6.42 Å². The molecule has 5 nitrogen and oxygen atoms in total. The van der Waals surface area contributed by atoms with E-state index in [2.05, 4.69) is 15.0 Å². The lowest BCUT2D eigenvalue weighted by Gasteiger charge is -2.12. The molecule has 0 spiro atoms. The lowest BCUT2D eigenvalue weighted by atomic mass is 9.92. The molecule has 2 heterocycles. The number of nitrogens with one attached hydrogen (secondary N) is 1. The monoisotopic (exact) mass is 355 g/mol. The average molecular weight is 355 g/mol. The van der Waals surface area contributed by atoms with Crippen molar-refractivity contribution in [2.75, 3.05) is 0 Å². The molecule has 132 valence electrons. The zero-order chi connectivity index (χ0) is 18.6. The van der Waals surface area contributed by atoms with Crippen LogP contribution in [0.2, 0.25) is 0 Å². The van der Waals surface area contributed by atoms with Gasteiger partial charge >= 0.3 is 0 Å². The van der Waals surface area contributed by atoms with E-state index in [0.29, 0.717) is 17.5 Å². The summed E-state index contributed by atoms with van der Waals surface area (Å²) in [5, 5.41) is 0.853. The Labute approximate surface area is 155 Å². The van der Waals surface area contributed by atoms with Gasteiger partial charge in [-0.25, -0.2) is 0 Å². The Hall–Kier alpha value is -3.60. The molecule has 0 saturated heterocycles. The normalized spacial score (nSPS) is 10.8. The van der Waals surface area contributed by atoms with Crippen molar-refractivity contribution in [3.8, 4) is 11.1 Å². The van der Waals surface area contributed by atoms with Crippen molar-refractivity contribution in [3.05, 3.63) is 94.8 Å². The first-order valence-electron chi connectivity index (χ1n) is 8.72. The van der Waals surface area contributed by atoms with Crippen LogP contribution in [0.25, 0.3) is 22.0 Å². The van der Waals surface area contributed by atoms with Gasteiger partial charge in [-0.3, -0.25) is 19.6 Å². The molecule has 2 aromatic carbocycles. The first kappa shape index (κ1) is 16.8. The molecule has 0 atom stereocenters. The molecule has 4 aromatic rings. The van der Waals surface area contributed by atoms with Crippen molar-refractivity contribution in [3.63, 3.8) is 0 Å². The second kappa shape index (κ2) is 7.33. The van der Waals surface area contributed by atoms with Crippen LogP contribution in [0, 0.1) is 0 Å². The van der Waals surface area contributed by atoms with Gasteiger partial charge in [-0.05, 0) is 18.1 Å². The number of aromatic nitrogens is 3. The number of H-pyrrole nitrogens is 1. The molecule has 0 radical (unpaired) electrons. The number of aryl methyl sites for hydroxylation is 1. The van der Waals surface area contributed by atoms with Gasteiger partial charge in [0.15, 0.2) is 5.78 Å². The highest BCUT2D eigenvalue weighted by Gasteiger charge is 2.20. The van der Waals surface area contributed by atoms with Gasteiger partial charge in [-0.15, -0.1) is 0 Å². The van der Waals surface area contributed by atoms with Gasteiger partial charge in [0.05, 0.1) is 11.3 Å². The van der Waals surface area contributed by atoms with E-state index < -0.39 is 0 Å². The summed E-state index contributed by atoms with van der Waals surface area (Å²) in [6.45, 7) is 0. The van der Waals surface area contributed by atoms with Gasteiger partial charge in [0.2, 0.25) is 0 Å². The van der Waals surface area contributed by atoms with E-state index in [1.165, 1.54) is 0 Å². The third-order valence-corrected chi connectivity index (χ3v) is 4.49. The first-order valence-corrected chi connectivity index (χ1v) is 8.72. The molecule has 0 saturated carbocycles. The van der Waals surface area contributed by atoms with E-state index in [9.17, 15) is 9.59 Å². The molecule has 1 N–H and O–H groups in total. The van der Waals surface area contributed by atoms with Crippen LogP contribution in [0.15, 0.2) is 78.0 Å². The van der Waals surface area contributed by atoms with Crippen molar-refractivity contribution in [2.45, 2.75) is 12.8 Å². The number of carbonyl (C=O) groups is 1. The quantitative estimate of drug-likeness (QED) is 0.553. The number of nitrogens with zero attached hydrogens (tertiary/aromatic N) is 2. The van der Waals surface area contributed by atoms with Gasteiger partial charge in [-0.1, -0.05) is 48.5 Å². The maximum Gasteiger partial charge on any atom is 0.259 e. The number of pyridine rings is 1. The van der Waals surface area contributed by atoms with E-state index in [1.54, 1.807) is 18.6 Å². The number of rotatable bonds is 5. The summed E-state index contributed by atoms with van der Waals surface area (Å²) in [7, 11) is 0. The van der Waals surface area contributed by atoms with Crippen LogP contribution >= 0.6 is 0 Å². The highest BCUT2D eigenvalue weighted by atomic mass is 16.1. The highest BCUT2D eigenvalue weighted by molar-refractivity contribution is 6.09. The molecule has 27 heavy (non-hydrogen) atoms. The molecule has 0 bridgehead atoms. The second-order valence-corrected chi connectivity index (χ2v) is 6.24. The summed E-state index contributed by atoms with van der Waals surface area (Å²) < 4.78 is 0. The number of Topliss-reactive ketones (excluding diaryl/α,β-unsaturated/α-hetero) is 1. The Morgan fingerprint density at radius 1 is 0.963 bits per heavy atom. The van der Waals surface area contributed by atoms with E-state index in [0.717, 1.165) is 16.6 Å². The minimum Gasteiger partial charge on any atom is -0.321 e. The predicted molar refractivity (Wildman–Crippen MR) is 105 cm³/mol. The van der Waals surface area contributed by atoms with Crippen molar-refractivity contribution < 1.29 is 4.79 Å². The van der Waals surface area contributed by atoms with Gasteiger partial charge < -0.3 is 4.98 Å². The maximum absolute atomic E-state index is 13.0. The number of aromatic amines is 1. The predicted octanol–water partition coefficient (Wildman–Crippen LogP) is 3.80. The molecule has 0 aliphatic heterocycles. The number of hydrogen-bond acceptors (Lipinski definition) is 4. The maximum atomic E-state index is 13.0. The number of carbonyl (C=O) groups excluding carboxylic acids is 1. The SMILES string of the molecule is O=C(CCc1cnccn1)c1c(-c2ccccc2)c2ccccc2[nH]c1=O. The van der Waals surface area contributed by atoms with Crippen molar-refractivity contribution in [1.82, 2.24) is 15.0 Å². The van der Waals surface area contributed by atoms with Crippen molar-refractivity contribution >= 4 is 16.7 Å². The van der Waals surface area contributed by atoms with Crippen LogP contribution in [0.4, 0.5) is 0 Å². The fraction of sp³-hybridized carbons (Fsp3) is 0.0909. The summed E-state index contributed by atoms with van der Waals surface area (Å²) in [6, 6.07) is 17.1. The van der Waals surface area contributed by atoms with Gasteiger partial charge in [-0.2, -0.15) is 0 Å². The van der Waals surface area contributed by atoms with E-state index >= 15 is 0 Å². The molecular weight excluding hydrogens is 338 g/mol. The fourth-order valence-corrected chi connectivity index (χ4v) is 3.24. The van der Waals surface area contributed by atoms with Gasteiger partial charge in [0.25, 0.3) is 5.56 Å². The smallest absolute Gasteiger partial charge is 0.259 e. The Bertz CT molecular complexity index is 1150. The topological polar surface area (TPSA) is 75.7 Å². The minimum atomic E-state index is -0.364. The van der Waals surface area contributed by atoms with Crippen LogP contribution in [0.5, 0.6) is 0 Å². The third-order valence-electron chi connectivity index (χ3n) is 4.49. The number of benzene rings is 2. The molecular formula is C22H17N3O2. The lowest BCUT2D eigenvalue weighted by Crippen LogP contribution is -2.20. The molecule has 2 aromatic heterocycles. The first-order chi connectivity index (χ1) is 13.2. The Morgan fingerprint density at radius 3 is 2.52 bits per heavy atom. The largest absolute Gasteiger partial charge is 0.321 e. The molecule has 0 fully saturated rings. The number of para-hydroxylation sites is 1. The molecule has 4 rings (SSSR count). The van der Waals surface area contributed by atoms with Crippen molar-refractivity contribution in [2.24, 2.45) is 0 Å². The Morgan fingerprint density at radius 2 is 1.74 bits per heavy atom. The number of fused-ring (bicyclic) bond motifs is 1. The highest BCUT2D eigenvalue weighted by Crippen LogP contribution is 2.30. The summed E-state index contributed by atoms with van der Waals surface area (Å²) in [4.78, 5) is 36.8. The zero-order valence-corrected chi connectivity index (χ0v) is 14.6. The standard InChI is InChI=1S/C22H17N3O2/c26-19(11-10-16-14-23-12-13-24-16)21-20(15-6-2-1-3-7-15)17-8-4-5-9-18(17)25-22(21)27/h1-9,12-14H,10-11H2,(H,25,27). The van der Waals surface area contributed by atoms with Crippen molar-refractivity contribution in [1.29, 1.82) is 0 Å². The lowest BCUT2D eigenvalue weighted by molar-refractivity contribution is 0.0982. The van der Waals surface area contributed by atoms with Crippen LogP contribution in [0.3, 0.4) is 0 Å². The van der Waals surface area contributed by atoms with Gasteiger partial charge in [0, 0.05) is 41.5 Å². The van der Waals surface area contributed by atoms with Crippen LogP contribution in [-0.4, -0.2) is 20.7 Å². The average Bonchev–Trinajstić information content (AvgIpc) is 2.72. The summed E-state index contributed by atoms with van der Waals surface area (Å²) in [6.07, 6.45) is 5.45. The summed E-state index contributed by atoms with van der Waals surface area (Å²) in [5.74, 6) is -0.202. The third kappa shape index (κ3) is 3.40. The molecule has 0 aliphatic carbocycles. The summed E-state index contributed by atoms with van der Waals surface area (Å²) in [5.41, 5.74) is 2.80. The Kier molecular flexibility index (Phi) is 4.58. The zero-order valence-electron chi connectivity index (χ0n) is 14.6.